The Morgan fingerprint density at radius 3 is 2.52 bits per heavy atom. The summed E-state index contributed by atoms with van der Waals surface area (Å²) in [5, 5.41) is 0. The third kappa shape index (κ3) is 1.71. The molecule has 21 heavy (non-hydrogen) atoms. The number of hydrogen-bond donors (Lipinski definition) is 0. The lowest BCUT2D eigenvalue weighted by Gasteiger charge is -2.38. The van der Waals surface area contributed by atoms with Crippen LogP contribution in [0.25, 0.3) is 0 Å². The molecule has 4 rings (SSSR count). The van der Waals surface area contributed by atoms with Gasteiger partial charge in [-0.2, -0.15) is 0 Å². The zero-order chi connectivity index (χ0) is 14.4. The minimum Gasteiger partial charge on any atom is -0.454 e. The maximum absolute atomic E-state index is 12.0. The number of ketones is 1. The Morgan fingerprint density at radius 1 is 0.952 bits per heavy atom. The fraction of sp³-hybridized carbons (Fsp3) is 0.125. The van der Waals surface area contributed by atoms with Crippen molar-refractivity contribution >= 4 is 17.4 Å². The Morgan fingerprint density at radius 2 is 1.71 bits per heavy atom. The predicted octanol–water partition coefficient (Wildman–Crippen LogP) is 2.07. The Hall–Kier alpha value is -2.82. The maximum atomic E-state index is 12.0. The minimum atomic E-state index is -0.589. The van der Waals surface area contributed by atoms with E-state index in [9.17, 15) is 9.59 Å². The van der Waals surface area contributed by atoms with Gasteiger partial charge in [-0.15, -0.1) is 0 Å². The minimum absolute atomic E-state index is 0.179. The largest absolute Gasteiger partial charge is 0.454 e. The molecule has 2 aromatic carbocycles. The quantitative estimate of drug-likeness (QED) is 0.624. The molecule has 0 spiro atoms. The number of Topliss-reactive ketones (excluding diaryl/α,β-unsaturated/α-hetero) is 1. The molecular weight excluding hydrogens is 270 g/mol. The van der Waals surface area contributed by atoms with Crippen LogP contribution in [-0.4, -0.2) is 18.5 Å². The molecule has 0 aromatic heterocycles. The van der Waals surface area contributed by atoms with Crippen LogP contribution in [0, 0.1) is 0 Å². The zero-order valence-corrected chi connectivity index (χ0v) is 11.0. The van der Waals surface area contributed by atoms with Crippen molar-refractivity contribution in [3.05, 3.63) is 54.1 Å². The normalized spacial score (nSPS) is 19.6. The second-order valence-electron chi connectivity index (χ2n) is 4.89. The topological polar surface area (TPSA) is 55.8 Å². The zero-order valence-electron chi connectivity index (χ0n) is 11.0. The summed E-state index contributed by atoms with van der Waals surface area (Å²) in [6.07, 6.45) is 0. The summed E-state index contributed by atoms with van der Waals surface area (Å²) >= 11 is 0. The van der Waals surface area contributed by atoms with Crippen molar-refractivity contribution in [2.75, 3.05) is 11.7 Å². The highest BCUT2D eigenvalue weighted by Gasteiger charge is 2.48. The van der Waals surface area contributed by atoms with E-state index in [0.29, 0.717) is 17.2 Å². The fourth-order valence-electron chi connectivity index (χ4n) is 2.64. The molecule has 1 fully saturated rings. The summed E-state index contributed by atoms with van der Waals surface area (Å²) in [5.41, 5.74) is 1.44. The van der Waals surface area contributed by atoms with Gasteiger partial charge in [-0.05, 0) is 29.8 Å². The second-order valence-corrected chi connectivity index (χ2v) is 4.89. The first-order chi connectivity index (χ1) is 10.3. The van der Waals surface area contributed by atoms with Crippen LogP contribution in [0.3, 0.4) is 0 Å². The number of carbonyl (C=O) groups is 2. The van der Waals surface area contributed by atoms with Gasteiger partial charge in [0.25, 0.3) is 5.91 Å². The van der Waals surface area contributed by atoms with Crippen LogP contribution in [0.2, 0.25) is 0 Å². The average Bonchev–Trinajstić information content (AvgIpc) is 2.99. The van der Waals surface area contributed by atoms with E-state index in [1.807, 2.05) is 30.3 Å². The maximum Gasteiger partial charge on any atom is 0.297 e. The van der Waals surface area contributed by atoms with Crippen molar-refractivity contribution in [1.29, 1.82) is 0 Å². The Labute approximate surface area is 120 Å². The van der Waals surface area contributed by atoms with Gasteiger partial charge in [0.05, 0.1) is 0 Å². The van der Waals surface area contributed by atoms with Crippen LogP contribution in [0.1, 0.15) is 11.6 Å². The number of ether oxygens (including phenoxy) is 2. The van der Waals surface area contributed by atoms with E-state index in [-0.39, 0.29) is 6.79 Å². The SMILES string of the molecule is O=C1C(=O)N(c2ccccc2)C1c1ccc2c(c1)OCO2. The predicted molar refractivity (Wildman–Crippen MR) is 74.2 cm³/mol. The summed E-state index contributed by atoms with van der Waals surface area (Å²) in [4.78, 5) is 25.4. The lowest BCUT2D eigenvalue weighted by molar-refractivity contribution is -0.143. The summed E-state index contributed by atoms with van der Waals surface area (Å²) < 4.78 is 10.6. The van der Waals surface area contributed by atoms with E-state index >= 15 is 0 Å². The van der Waals surface area contributed by atoms with E-state index in [0.717, 1.165) is 5.56 Å². The Bertz CT molecular complexity index is 741. The molecule has 1 amide bonds. The molecule has 2 aliphatic heterocycles. The first kappa shape index (κ1) is 12.0. The first-order valence-electron chi connectivity index (χ1n) is 6.58. The van der Waals surface area contributed by atoms with Gasteiger partial charge in [0.15, 0.2) is 11.5 Å². The van der Waals surface area contributed by atoms with Gasteiger partial charge in [-0.1, -0.05) is 24.3 Å². The van der Waals surface area contributed by atoms with E-state index in [2.05, 4.69) is 0 Å². The molecule has 2 aromatic rings. The van der Waals surface area contributed by atoms with Gasteiger partial charge in [-0.3, -0.25) is 14.5 Å². The van der Waals surface area contributed by atoms with E-state index in [4.69, 9.17) is 9.47 Å². The number of anilines is 1. The molecule has 2 heterocycles. The summed E-state index contributed by atoms with van der Waals surface area (Å²) in [6, 6.07) is 13.9. The highest BCUT2D eigenvalue weighted by molar-refractivity contribution is 6.51. The van der Waals surface area contributed by atoms with E-state index < -0.39 is 17.7 Å². The van der Waals surface area contributed by atoms with Crippen LogP contribution < -0.4 is 14.4 Å². The number of amides is 1. The fourth-order valence-corrected chi connectivity index (χ4v) is 2.64. The van der Waals surface area contributed by atoms with Crippen molar-refractivity contribution in [2.24, 2.45) is 0 Å². The molecule has 5 heteroatoms. The molecule has 104 valence electrons. The van der Waals surface area contributed by atoms with E-state index in [1.54, 1.807) is 18.2 Å². The number of carbonyl (C=O) groups excluding carboxylic acids is 2. The Balaban J connectivity index is 1.73. The van der Waals surface area contributed by atoms with Gasteiger partial charge in [0.2, 0.25) is 12.6 Å². The smallest absolute Gasteiger partial charge is 0.297 e. The highest BCUT2D eigenvalue weighted by Crippen LogP contribution is 2.40. The molecule has 5 nitrogen and oxygen atoms in total. The summed E-state index contributed by atoms with van der Waals surface area (Å²) in [5.74, 6) is 0.373. The molecule has 0 aliphatic carbocycles. The molecule has 1 saturated heterocycles. The van der Waals surface area contributed by atoms with E-state index in [1.165, 1.54) is 4.90 Å². The van der Waals surface area contributed by atoms with Gasteiger partial charge in [0.1, 0.15) is 6.04 Å². The van der Waals surface area contributed by atoms with Crippen molar-refractivity contribution in [2.45, 2.75) is 6.04 Å². The molecule has 1 unspecified atom stereocenters. The lowest BCUT2D eigenvalue weighted by Crippen LogP contribution is -2.56. The van der Waals surface area contributed by atoms with Gasteiger partial charge in [-0.25, -0.2) is 0 Å². The van der Waals surface area contributed by atoms with Crippen LogP contribution in [0.5, 0.6) is 11.5 Å². The number of fused-ring (bicyclic) bond motifs is 1. The number of β-lactam (4-membered cyclic amide) rings is 1. The Kier molecular flexibility index (Phi) is 2.47. The monoisotopic (exact) mass is 281 g/mol. The van der Waals surface area contributed by atoms with Crippen molar-refractivity contribution in [1.82, 2.24) is 0 Å². The average molecular weight is 281 g/mol. The standard InChI is InChI=1S/C16H11NO4/c18-15-14(10-6-7-12-13(8-10)21-9-20-12)17(16(15)19)11-4-2-1-3-5-11/h1-8,14H,9H2. The molecule has 0 bridgehead atoms. The highest BCUT2D eigenvalue weighted by atomic mass is 16.7. The number of para-hydroxylation sites is 1. The van der Waals surface area contributed by atoms with Crippen LogP contribution in [0.4, 0.5) is 5.69 Å². The first-order valence-corrected chi connectivity index (χ1v) is 6.58. The second kappa shape index (κ2) is 4.34. The molecule has 2 aliphatic rings. The third-order valence-corrected chi connectivity index (χ3v) is 3.68. The van der Waals surface area contributed by atoms with Gasteiger partial charge in [0, 0.05) is 5.69 Å². The van der Waals surface area contributed by atoms with Crippen LogP contribution in [-0.2, 0) is 9.59 Å². The molecule has 0 N–H and O–H groups in total. The third-order valence-electron chi connectivity index (χ3n) is 3.68. The van der Waals surface area contributed by atoms with Crippen molar-refractivity contribution < 1.29 is 19.1 Å². The number of nitrogens with zero attached hydrogens (tertiary/aromatic N) is 1. The molecule has 0 radical (unpaired) electrons. The number of hydrogen-bond acceptors (Lipinski definition) is 4. The molecular formula is C16H11NO4. The molecule has 1 atom stereocenters. The summed E-state index contributed by atoms with van der Waals surface area (Å²) in [7, 11) is 0. The van der Waals surface area contributed by atoms with Crippen molar-refractivity contribution in [3.63, 3.8) is 0 Å². The van der Waals surface area contributed by atoms with Gasteiger partial charge >= 0.3 is 0 Å². The van der Waals surface area contributed by atoms with Crippen LogP contribution in [0.15, 0.2) is 48.5 Å². The number of rotatable bonds is 2. The van der Waals surface area contributed by atoms with Crippen molar-refractivity contribution in [3.8, 4) is 11.5 Å². The number of benzene rings is 2. The van der Waals surface area contributed by atoms with Gasteiger partial charge < -0.3 is 9.47 Å². The molecule has 0 saturated carbocycles. The summed E-state index contributed by atoms with van der Waals surface area (Å²) in [6.45, 7) is 0.179. The lowest BCUT2D eigenvalue weighted by atomic mass is 9.91. The van der Waals surface area contributed by atoms with Crippen LogP contribution >= 0.6 is 0 Å².